The van der Waals surface area contributed by atoms with Crippen molar-refractivity contribution in [2.24, 2.45) is 5.73 Å². The van der Waals surface area contributed by atoms with Crippen LogP contribution >= 0.6 is 11.6 Å². The summed E-state index contributed by atoms with van der Waals surface area (Å²) in [5.41, 5.74) is 7.39. The Morgan fingerprint density at radius 2 is 2.16 bits per heavy atom. The van der Waals surface area contributed by atoms with Gasteiger partial charge in [0.15, 0.2) is 0 Å². The van der Waals surface area contributed by atoms with E-state index in [-0.39, 0.29) is 18.5 Å². The summed E-state index contributed by atoms with van der Waals surface area (Å²) >= 11 is 5.98. The Morgan fingerprint density at radius 3 is 2.79 bits per heavy atom. The van der Waals surface area contributed by atoms with Crippen molar-refractivity contribution in [2.45, 2.75) is 19.5 Å². The summed E-state index contributed by atoms with van der Waals surface area (Å²) in [6, 6.07) is 9.02. The zero-order valence-corrected chi connectivity index (χ0v) is 11.4. The molecule has 1 unspecified atom stereocenters. The number of rotatable bonds is 4. The van der Waals surface area contributed by atoms with Gasteiger partial charge in [0, 0.05) is 18.4 Å². The molecule has 100 valence electrons. The summed E-state index contributed by atoms with van der Waals surface area (Å²) in [5, 5.41) is 3.30. The van der Waals surface area contributed by atoms with Gasteiger partial charge in [-0.3, -0.25) is 4.79 Å². The molecule has 4 nitrogen and oxygen atoms in total. The minimum absolute atomic E-state index is 0.0344. The minimum Gasteiger partial charge on any atom is -0.345 e. The Bertz CT molecular complexity index is 578. The molecule has 0 saturated carbocycles. The van der Waals surface area contributed by atoms with E-state index in [0.29, 0.717) is 10.7 Å². The number of halogens is 1. The predicted octanol–water partition coefficient (Wildman–Crippen LogP) is 2.80. The van der Waals surface area contributed by atoms with Gasteiger partial charge in [-0.05, 0) is 30.7 Å². The Balaban J connectivity index is 1.99. The minimum atomic E-state index is -0.125. The van der Waals surface area contributed by atoms with Gasteiger partial charge < -0.3 is 15.6 Å². The van der Waals surface area contributed by atoms with E-state index in [1.807, 2.05) is 37.5 Å². The number of hydrogen-bond donors (Lipinski definition) is 2. The molecule has 0 spiro atoms. The molecule has 2 aromatic rings. The average Bonchev–Trinajstić information content (AvgIpc) is 2.80. The van der Waals surface area contributed by atoms with Crippen LogP contribution in [0.25, 0.3) is 0 Å². The lowest BCUT2D eigenvalue weighted by molar-refractivity contribution is -0.116. The first kappa shape index (κ1) is 13.6. The van der Waals surface area contributed by atoms with Gasteiger partial charge in [-0.25, -0.2) is 0 Å². The van der Waals surface area contributed by atoms with Gasteiger partial charge in [-0.1, -0.05) is 23.7 Å². The zero-order chi connectivity index (χ0) is 13.8. The molecule has 0 fully saturated rings. The third-order valence-corrected chi connectivity index (χ3v) is 3.10. The highest BCUT2D eigenvalue weighted by atomic mass is 35.5. The van der Waals surface area contributed by atoms with Gasteiger partial charge in [0.25, 0.3) is 0 Å². The first-order valence-electron chi connectivity index (χ1n) is 6.02. The summed E-state index contributed by atoms with van der Waals surface area (Å²) in [7, 11) is 0. The van der Waals surface area contributed by atoms with Crippen molar-refractivity contribution < 1.29 is 4.79 Å². The van der Waals surface area contributed by atoms with Gasteiger partial charge in [0.05, 0.1) is 10.7 Å². The van der Waals surface area contributed by atoms with E-state index < -0.39 is 0 Å². The van der Waals surface area contributed by atoms with Crippen LogP contribution in [0, 0.1) is 0 Å². The van der Waals surface area contributed by atoms with Gasteiger partial charge in [0.2, 0.25) is 5.91 Å². The van der Waals surface area contributed by atoms with E-state index in [2.05, 4.69) is 5.32 Å². The molecular weight excluding hydrogens is 262 g/mol. The van der Waals surface area contributed by atoms with Crippen molar-refractivity contribution in [3.05, 3.63) is 53.3 Å². The number of para-hydroxylation sites is 1. The molecule has 1 aromatic carbocycles. The molecular formula is C14H16ClN3O. The number of aromatic nitrogens is 1. The summed E-state index contributed by atoms with van der Waals surface area (Å²) in [5.74, 6) is -0.125. The number of benzene rings is 1. The second-order valence-corrected chi connectivity index (χ2v) is 4.84. The molecule has 5 heteroatoms. The molecule has 2 rings (SSSR count). The van der Waals surface area contributed by atoms with Crippen LogP contribution in [0.5, 0.6) is 0 Å². The highest BCUT2D eigenvalue weighted by molar-refractivity contribution is 6.33. The Kier molecular flexibility index (Phi) is 4.24. The molecule has 0 radical (unpaired) electrons. The molecule has 1 aromatic heterocycles. The van der Waals surface area contributed by atoms with E-state index in [1.165, 1.54) is 0 Å². The van der Waals surface area contributed by atoms with E-state index in [4.69, 9.17) is 17.3 Å². The third kappa shape index (κ3) is 3.59. The lowest BCUT2D eigenvalue weighted by Gasteiger charge is -2.07. The van der Waals surface area contributed by atoms with Crippen LogP contribution in [0.2, 0.25) is 5.02 Å². The second-order valence-electron chi connectivity index (χ2n) is 4.43. The number of anilines is 1. The second kappa shape index (κ2) is 5.91. The van der Waals surface area contributed by atoms with Gasteiger partial charge in [-0.15, -0.1) is 0 Å². The number of amides is 1. The largest absolute Gasteiger partial charge is 0.345 e. The predicted molar refractivity (Wildman–Crippen MR) is 77.1 cm³/mol. The van der Waals surface area contributed by atoms with Crippen LogP contribution in [0.3, 0.4) is 0 Å². The molecule has 1 amide bonds. The summed E-state index contributed by atoms with van der Waals surface area (Å²) < 4.78 is 1.80. The normalized spacial score (nSPS) is 12.2. The number of carbonyl (C=O) groups excluding carboxylic acids is 1. The van der Waals surface area contributed by atoms with Crippen molar-refractivity contribution in [1.82, 2.24) is 4.57 Å². The molecule has 0 bridgehead atoms. The van der Waals surface area contributed by atoms with Gasteiger partial charge in [-0.2, -0.15) is 0 Å². The highest BCUT2D eigenvalue weighted by Crippen LogP contribution is 2.20. The summed E-state index contributed by atoms with van der Waals surface area (Å²) in [6.07, 6.45) is 3.71. The van der Waals surface area contributed by atoms with Crippen molar-refractivity contribution >= 4 is 23.2 Å². The van der Waals surface area contributed by atoms with Crippen LogP contribution in [0.1, 0.15) is 18.5 Å². The number of hydrogen-bond acceptors (Lipinski definition) is 2. The molecule has 19 heavy (non-hydrogen) atoms. The maximum atomic E-state index is 11.9. The molecule has 1 atom stereocenters. The van der Waals surface area contributed by atoms with Crippen LogP contribution in [-0.2, 0) is 11.3 Å². The van der Waals surface area contributed by atoms with Crippen LogP contribution in [0.4, 0.5) is 5.69 Å². The monoisotopic (exact) mass is 277 g/mol. The first-order chi connectivity index (χ1) is 9.06. The van der Waals surface area contributed by atoms with Crippen molar-refractivity contribution in [2.75, 3.05) is 5.32 Å². The van der Waals surface area contributed by atoms with Crippen molar-refractivity contribution in [1.29, 1.82) is 0 Å². The molecule has 3 N–H and O–H groups in total. The van der Waals surface area contributed by atoms with Crippen molar-refractivity contribution in [3.8, 4) is 0 Å². The fourth-order valence-electron chi connectivity index (χ4n) is 1.75. The van der Waals surface area contributed by atoms with Crippen LogP contribution in [-0.4, -0.2) is 10.5 Å². The smallest absolute Gasteiger partial charge is 0.244 e. The quantitative estimate of drug-likeness (QED) is 0.903. The summed E-state index contributed by atoms with van der Waals surface area (Å²) in [4.78, 5) is 11.9. The van der Waals surface area contributed by atoms with Gasteiger partial charge >= 0.3 is 0 Å². The molecule has 0 saturated heterocycles. The zero-order valence-electron chi connectivity index (χ0n) is 10.6. The average molecular weight is 278 g/mol. The maximum Gasteiger partial charge on any atom is 0.244 e. The number of carbonyl (C=O) groups is 1. The lowest BCUT2D eigenvalue weighted by Crippen LogP contribution is -2.18. The SMILES string of the molecule is CC(N)c1ccn(CC(=O)Nc2ccccc2Cl)c1. The Hall–Kier alpha value is -1.78. The van der Waals surface area contributed by atoms with E-state index >= 15 is 0 Å². The van der Waals surface area contributed by atoms with Crippen molar-refractivity contribution in [3.63, 3.8) is 0 Å². The number of nitrogens with one attached hydrogen (secondary N) is 1. The summed E-state index contributed by atoms with van der Waals surface area (Å²) in [6.45, 7) is 2.14. The Morgan fingerprint density at radius 1 is 1.42 bits per heavy atom. The van der Waals surface area contributed by atoms with E-state index in [1.54, 1.807) is 16.7 Å². The Labute approximate surface area is 117 Å². The van der Waals surface area contributed by atoms with Crippen LogP contribution in [0.15, 0.2) is 42.7 Å². The van der Waals surface area contributed by atoms with Crippen LogP contribution < -0.4 is 11.1 Å². The van der Waals surface area contributed by atoms with E-state index in [0.717, 1.165) is 5.56 Å². The third-order valence-electron chi connectivity index (χ3n) is 2.77. The highest BCUT2D eigenvalue weighted by Gasteiger charge is 2.07. The number of nitrogens with zero attached hydrogens (tertiary/aromatic N) is 1. The fourth-order valence-corrected chi connectivity index (χ4v) is 1.93. The van der Waals surface area contributed by atoms with Gasteiger partial charge in [0.1, 0.15) is 6.54 Å². The molecule has 0 aliphatic heterocycles. The lowest BCUT2D eigenvalue weighted by atomic mass is 10.2. The standard InChI is InChI=1S/C14H16ClN3O/c1-10(16)11-6-7-18(8-11)9-14(19)17-13-5-3-2-4-12(13)15/h2-8,10H,9,16H2,1H3,(H,17,19). The molecule has 0 aliphatic rings. The van der Waals surface area contributed by atoms with E-state index in [9.17, 15) is 4.79 Å². The maximum absolute atomic E-state index is 11.9. The molecule has 1 heterocycles. The fraction of sp³-hybridized carbons (Fsp3) is 0.214. The molecule has 0 aliphatic carbocycles. The number of nitrogens with two attached hydrogens (primary N) is 1. The first-order valence-corrected chi connectivity index (χ1v) is 6.39. The topological polar surface area (TPSA) is 60.0 Å².